The van der Waals surface area contributed by atoms with E-state index in [-0.39, 0.29) is 12.8 Å². The summed E-state index contributed by atoms with van der Waals surface area (Å²) in [6.45, 7) is 4.87. The van der Waals surface area contributed by atoms with Gasteiger partial charge in [-0.1, -0.05) is 54.6 Å². The molecule has 0 spiro atoms. The van der Waals surface area contributed by atoms with Crippen molar-refractivity contribution >= 4 is 0 Å². The molecule has 160 valence electrons. The topological polar surface area (TPSA) is 43.0 Å². The molecule has 2 aliphatic rings. The molecule has 1 atom stereocenters. The lowest BCUT2D eigenvalue weighted by atomic mass is 9.95. The lowest BCUT2D eigenvalue weighted by molar-refractivity contribution is 0.173. The van der Waals surface area contributed by atoms with Crippen molar-refractivity contribution in [2.45, 2.75) is 19.1 Å². The number of benzene rings is 3. The lowest BCUT2D eigenvalue weighted by Gasteiger charge is -2.32. The largest absolute Gasteiger partial charge is 0.489 e. The molecule has 5 nitrogen and oxygen atoms in total. The van der Waals surface area contributed by atoms with Crippen molar-refractivity contribution in [3.63, 3.8) is 0 Å². The van der Waals surface area contributed by atoms with Crippen molar-refractivity contribution in [2.75, 3.05) is 33.0 Å². The van der Waals surface area contributed by atoms with E-state index in [4.69, 9.17) is 14.2 Å². The number of nitrogens with zero attached hydrogens (tertiary/aromatic N) is 1. The Morgan fingerprint density at radius 3 is 2.65 bits per heavy atom. The SMILES string of the molecule is c1ccc(COc2ccccc2C(c2ccc3c(c2)OCO3)N2CCCNCC2)cc1. The Bertz CT molecular complexity index is 1000. The molecule has 0 bridgehead atoms. The second-order valence-corrected chi connectivity index (χ2v) is 7.97. The van der Waals surface area contributed by atoms with E-state index in [9.17, 15) is 0 Å². The van der Waals surface area contributed by atoms with Crippen LogP contribution in [0, 0.1) is 0 Å². The van der Waals surface area contributed by atoms with Gasteiger partial charge in [-0.2, -0.15) is 0 Å². The van der Waals surface area contributed by atoms with Crippen LogP contribution in [-0.4, -0.2) is 37.9 Å². The Balaban J connectivity index is 1.50. The molecule has 0 aliphatic carbocycles. The maximum Gasteiger partial charge on any atom is 0.231 e. The van der Waals surface area contributed by atoms with Crippen LogP contribution >= 0.6 is 0 Å². The van der Waals surface area contributed by atoms with Gasteiger partial charge in [0.25, 0.3) is 0 Å². The van der Waals surface area contributed by atoms with Crippen LogP contribution in [0.3, 0.4) is 0 Å². The van der Waals surface area contributed by atoms with Crippen molar-refractivity contribution in [1.82, 2.24) is 10.2 Å². The van der Waals surface area contributed by atoms with Crippen LogP contribution in [0.15, 0.2) is 72.8 Å². The molecule has 1 fully saturated rings. The fourth-order valence-electron chi connectivity index (χ4n) is 4.37. The summed E-state index contributed by atoms with van der Waals surface area (Å²) in [7, 11) is 0. The van der Waals surface area contributed by atoms with E-state index < -0.39 is 0 Å². The summed E-state index contributed by atoms with van der Waals surface area (Å²) in [6.07, 6.45) is 1.12. The van der Waals surface area contributed by atoms with Crippen LogP contribution in [0.2, 0.25) is 0 Å². The van der Waals surface area contributed by atoms with Gasteiger partial charge in [0.2, 0.25) is 6.79 Å². The second kappa shape index (κ2) is 9.41. The molecule has 0 radical (unpaired) electrons. The molecule has 1 unspecified atom stereocenters. The van der Waals surface area contributed by atoms with Gasteiger partial charge in [0.1, 0.15) is 12.4 Å². The number of hydrogen-bond acceptors (Lipinski definition) is 5. The molecule has 3 aromatic rings. The fraction of sp³-hybridized carbons (Fsp3) is 0.308. The van der Waals surface area contributed by atoms with Gasteiger partial charge in [0.05, 0.1) is 6.04 Å². The van der Waals surface area contributed by atoms with E-state index in [0.717, 1.165) is 55.4 Å². The van der Waals surface area contributed by atoms with Crippen LogP contribution in [0.5, 0.6) is 17.2 Å². The molecule has 2 heterocycles. The van der Waals surface area contributed by atoms with Crippen LogP contribution in [0.1, 0.15) is 29.2 Å². The van der Waals surface area contributed by atoms with Crippen LogP contribution in [0.25, 0.3) is 0 Å². The van der Waals surface area contributed by atoms with E-state index in [1.165, 1.54) is 11.1 Å². The third kappa shape index (κ3) is 4.53. The minimum absolute atomic E-state index is 0.0846. The van der Waals surface area contributed by atoms with E-state index in [1.54, 1.807) is 0 Å². The second-order valence-electron chi connectivity index (χ2n) is 7.97. The molecular weight excluding hydrogens is 388 g/mol. The van der Waals surface area contributed by atoms with Crippen LogP contribution < -0.4 is 19.5 Å². The smallest absolute Gasteiger partial charge is 0.231 e. The van der Waals surface area contributed by atoms with Crippen LogP contribution in [0.4, 0.5) is 0 Å². The predicted molar refractivity (Wildman–Crippen MR) is 121 cm³/mol. The van der Waals surface area contributed by atoms with Crippen LogP contribution in [-0.2, 0) is 6.61 Å². The molecule has 2 aliphatic heterocycles. The summed E-state index contributed by atoms with van der Waals surface area (Å²) in [5.41, 5.74) is 3.54. The summed E-state index contributed by atoms with van der Waals surface area (Å²) in [5.74, 6) is 2.55. The Kier molecular flexibility index (Phi) is 6.05. The highest BCUT2D eigenvalue weighted by Gasteiger charge is 2.27. The zero-order chi connectivity index (χ0) is 20.9. The van der Waals surface area contributed by atoms with Gasteiger partial charge in [0, 0.05) is 25.2 Å². The normalized spacial score (nSPS) is 17.2. The Hall–Kier alpha value is -3.02. The van der Waals surface area contributed by atoms with E-state index in [0.29, 0.717) is 6.61 Å². The third-order valence-corrected chi connectivity index (χ3v) is 5.90. The first-order valence-corrected chi connectivity index (χ1v) is 11.0. The molecule has 0 saturated carbocycles. The van der Waals surface area contributed by atoms with Gasteiger partial charge in [-0.25, -0.2) is 0 Å². The van der Waals surface area contributed by atoms with Gasteiger partial charge in [-0.15, -0.1) is 0 Å². The summed E-state index contributed by atoms with van der Waals surface area (Å²) >= 11 is 0. The maximum atomic E-state index is 6.34. The molecule has 5 heteroatoms. The first-order chi connectivity index (χ1) is 15.4. The highest BCUT2D eigenvalue weighted by atomic mass is 16.7. The Labute approximate surface area is 183 Å². The minimum atomic E-state index is 0.0846. The van der Waals surface area contributed by atoms with E-state index in [2.05, 4.69) is 52.7 Å². The number of ether oxygens (including phenoxy) is 3. The van der Waals surface area contributed by atoms with E-state index >= 15 is 0 Å². The number of fused-ring (bicyclic) bond motifs is 1. The molecule has 3 aromatic carbocycles. The standard InChI is InChI=1S/C26H28N2O3/c1-2-7-20(8-3-1)18-29-23-10-5-4-9-22(23)26(28-15-6-13-27-14-16-28)21-11-12-24-25(17-21)31-19-30-24/h1-5,7-12,17,26-27H,6,13-16,18-19H2. The summed E-state index contributed by atoms with van der Waals surface area (Å²) in [5, 5.41) is 3.52. The Morgan fingerprint density at radius 1 is 0.871 bits per heavy atom. The van der Waals surface area contributed by atoms with Crippen molar-refractivity contribution < 1.29 is 14.2 Å². The maximum absolute atomic E-state index is 6.34. The highest BCUT2D eigenvalue weighted by molar-refractivity contribution is 5.49. The van der Waals surface area contributed by atoms with Gasteiger partial charge in [-0.05, 0) is 42.3 Å². The number of rotatable bonds is 6. The molecular formula is C26H28N2O3. The van der Waals surface area contributed by atoms with Gasteiger partial charge in [0.15, 0.2) is 11.5 Å². The molecule has 0 aromatic heterocycles. The molecule has 5 rings (SSSR count). The van der Waals surface area contributed by atoms with Gasteiger partial charge < -0.3 is 19.5 Å². The average molecular weight is 417 g/mol. The van der Waals surface area contributed by atoms with Gasteiger partial charge >= 0.3 is 0 Å². The van der Waals surface area contributed by atoms with Crippen molar-refractivity contribution in [1.29, 1.82) is 0 Å². The summed E-state index contributed by atoms with van der Waals surface area (Å²) in [4.78, 5) is 2.54. The Morgan fingerprint density at radius 2 is 1.71 bits per heavy atom. The highest BCUT2D eigenvalue weighted by Crippen LogP contribution is 2.40. The first-order valence-electron chi connectivity index (χ1n) is 11.0. The molecule has 0 amide bonds. The lowest BCUT2D eigenvalue weighted by Crippen LogP contribution is -2.33. The van der Waals surface area contributed by atoms with E-state index in [1.807, 2.05) is 30.3 Å². The zero-order valence-electron chi connectivity index (χ0n) is 17.6. The average Bonchev–Trinajstić information content (AvgIpc) is 3.13. The molecule has 1 N–H and O–H groups in total. The minimum Gasteiger partial charge on any atom is -0.489 e. The zero-order valence-corrected chi connectivity index (χ0v) is 17.6. The number of para-hydroxylation sites is 1. The first kappa shape index (κ1) is 19.9. The van der Waals surface area contributed by atoms with Crippen molar-refractivity contribution in [3.8, 4) is 17.2 Å². The quantitative estimate of drug-likeness (QED) is 0.646. The fourth-order valence-corrected chi connectivity index (χ4v) is 4.37. The van der Waals surface area contributed by atoms with Gasteiger partial charge in [-0.3, -0.25) is 4.90 Å². The molecule has 31 heavy (non-hydrogen) atoms. The summed E-state index contributed by atoms with van der Waals surface area (Å²) < 4.78 is 17.6. The number of nitrogens with one attached hydrogen (secondary N) is 1. The predicted octanol–water partition coefficient (Wildman–Crippen LogP) is 4.38. The molecule has 1 saturated heterocycles. The third-order valence-electron chi connectivity index (χ3n) is 5.90. The number of hydrogen-bond donors (Lipinski definition) is 1. The van der Waals surface area contributed by atoms with Crippen molar-refractivity contribution in [2.24, 2.45) is 0 Å². The summed E-state index contributed by atoms with van der Waals surface area (Å²) in [6, 6.07) is 25.1. The monoisotopic (exact) mass is 416 g/mol. The van der Waals surface area contributed by atoms with Crippen molar-refractivity contribution in [3.05, 3.63) is 89.5 Å².